The highest BCUT2D eigenvalue weighted by atomic mass is 35.5. The first kappa shape index (κ1) is 13.9. The first-order valence-corrected chi connectivity index (χ1v) is 6.90. The molecule has 0 aromatic heterocycles. The van der Waals surface area contributed by atoms with E-state index in [9.17, 15) is 9.59 Å². The van der Waals surface area contributed by atoms with Gasteiger partial charge in [0.1, 0.15) is 6.04 Å². The van der Waals surface area contributed by atoms with Gasteiger partial charge in [0, 0.05) is 31.5 Å². The molecule has 1 aromatic carbocycles. The van der Waals surface area contributed by atoms with E-state index >= 15 is 0 Å². The van der Waals surface area contributed by atoms with Gasteiger partial charge in [-0.3, -0.25) is 14.5 Å². The molecule has 0 aliphatic carbocycles. The van der Waals surface area contributed by atoms with Gasteiger partial charge in [0.25, 0.3) is 0 Å². The number of rotatable bonds is 4. The standard InChI is InChI=1S/C14H17ClN2O2/c1-16-14(19)12-9-10-5-2-3-6-11(10)17(12)13(18)7-4-8-15/h2-3,5-6,12H,4,7-9H2,1H3,(H,16,19). The normalized spacial score (nSPS) is 17.2. The quantitative estimate of drug-likeness (QED) is 0.854. The van der Waals surface area contributed by atoms with Crippen LogP contribution >= 0.6 is 11.6 Å². The van der Waals surface area contributed by atoms with Gasteiger partial charge in [0.15, 0.2) is 0 Å². The summed E-state index contributed by atoms with van der Waals surface area (Å²) in [5.41, 5.74) is 1.88. The Balaban J connectivity index is 2.28. The fraction of sp³-hybridized carbons (Fsp3) is 0.429. The number of halogens is 1. The van der Waals surface area contributed by atoms with E-state index in [4.69, 9.17) is 11.6 Å². The summed E-state index contributed by atoms with van der Waals surface area (Å²) in [6.45, 7) is 0. The summed E-state index contributed by atoms with van der Waals surface area (Å²) in [6.07, 6.45) is 1.56. The zero-order valence-electron chi connectivity index (χ0n) is 10.9. The minimum Gasteiger partial charge on any atom is -0.357 e. The number of nitrogens with zero attached hydrogens (tertiary/aromatic N) is 1. The number of amides is 2. The maximum atomic E-state index is 12.3. The number of alkyl halides is 1. The molecular formula is C14H17ClN2O2. The van der Waals surface area contributed by atoms with Gasteiger partial charge >= 0.3 is 0 Å². The molecule has 1 atom stereocenters. The molecule has 0 spiro atoms. The van der Waals surface area contributed by atoms with Crippen LogP contribution in [0.5, 0.6) is 0 Å². The second-order valence-corrected chi connectivity index (χ2v) is 4.90. The lowest BCUT2D eigenvalue weighted by Crippen LogP contribution is -2.47. The van der Waals surface area contributed by atoms with E-state index in [-0.39, 0.29) is 11.8 Å². The van der Waals surface area contributed by atoms with E-state index in [2.05, 4.69) is 5.32 Å². The average Bonchev–Trinajstić information content (AvgIpc) is 2.83. The SMILES string of the molecule is CNC(=O)C1Cc2ccccc2N1C(=O)CCCCl. The number of likely N-dealkylation sites (N-methyl/N-ethyl adjacent to an activating group) is 1. The van der Waals surface area contributed by atoms with Crippen molar-refractivity contribution < 1.29 is 9.59 Å². The number of nitrogens with one attached hydrogen (secondary N) is 1. The Morgan fingerprint density at radius 3 is 2.84 bits per heavy atom. The predicted molar refractivity (Wildman–Crippen MR) is 75.4 cm³/mol. The molecule has 4 nitrogen and oxygen atoms in total. The van der Waals surface area contributed by atoms with Crippen LogP contribution in [0.1, 0.15) is 18.4 Å². The summed E-state index contributed by atoms with van der Waals surface area (Å²) in [6, 6.07) is 7.21. The molecule has 0 radical (unpaired) electrons. The molecule has 0 fully saturated rings. The van der Waals surface area contributed by atoms with Crippen LogP contribution in [0.25, 0.3) is 0 Å². The highest BCUT2D eigenvalue weighted by Gasteiger charge is 2.37. The number of para-hydroxylation sites is 1. The van der Waals surface area contributed by atoms with Crippen molar-refractivity contribution in [3.05, 3.63) is 29.8 Å². The Morgan fingerprint density at radius 1 is 1.42 bits per heavy atom. The predicted octanol–water partition coefficient (Wildman–Crippen LogP) is 1.71. The summed E-state index contributed by atoms with van der Waals surface area (Å²) in [5, 5.41) is 2.62. The van der Waals surface area contributed by atoms with Crippen molar-refractivity contribution in [3.8, 4) is 0 Å². The van der Waals surface area contributed by atoms with Gasteiger partial charge in [0.05, 0.1) is 0 Å². The number of anilines is 1. The lowest BCUT2D eigenvalue weighted by molar-refractivity contribution is -0.125. The molecule has 1 aliphatic rings. The van der Waals surface area contributed by atoms with Crippen LogP contribution in [-0.2, 0) is 16.0 Å². The van der Waals surface area contributed by atoms with Crippen molar-refractivity contribution in [1.82, 2.24) is 5.32 Å². The third-order valence-corrected chi connectivity index (χ3v) is 3.59. The van der Waals surface area contributed by atoms with Crippen LogP contribution in [0.2, 0.25) is 0 Å². The average molecular weight is 281 g/mol. The van der Waals surface area contributed by atoms with Crippen molar-refractivity contribution in [1.29, 1.82) is 0 Å². The second kappa shape index (κ2) is 6.06. The highest BCUT2D eigenvalue weighted by Crippen LogP contribution is 2.32. The third-order valence-electron chi connectivity index (χ3n) is 3.32. The third kappa shape index (κ3) is 2.73. The van der Waals surface area contributed by atoms with Crippen molar-refractivity contribution in [2.45, 2.75) is 25.3 Å². The van der Waals surface area contributed by atoms with E-state index in [0.717, 1.165) is 11.3 Å². The lowest BCUT2D eigenvalue weighted by Gasteiger charge is -2.24. The molecule has 1 aromatic rings. The largest absolute Gasteiger partial charge is 0.357 e. The molecular weight excluding hydrogens is 264 g/mol. The molecule has 2 rings (SSSR count). The van der Waals surface area contributed by atoms with Crippen LogP contribution in [-0.4, -0.2) is 30.8 Å². The maximum Gasteiger partial charge on any atom is 0.243 e. The van der Waals surface area contributed by atoms with E-state index in [1.54, 1.807) is 11.9 Å². The molecule has 1 unspecified atom stereocenters. The van der Waals surface area contributed by atoms with Gasteiger partial charge in [-0.15, -0.1) is 11.6 Å². The van der Waals surface area contributed by atoms with Crippen LogP contribution in [0.4, 0.5) is 5.69 Å². The van der Waals surface area contributed by atoms with Gasteiger partial charge in [-0.25, -0.2) is 0 Å². The highest BCUT2D eigenvalue weighted by molar-refractivity contribution is 6.18. The van der Waals surface area contributed by atoms with Crippen LogP contribution in [0, 0.1) is 0 Å². The minimum absolute atomic E-state index is 0.0424. The van der Waals surface area contributed by atoms with Gasteiger partial charge in [-0.1, -0.05) is 18.2 Å². The topological polar surface area (TPSA) is 49.4 Å². The molecule has 5 heteroatoms. The summed E-state index contributed by atoms with van der Waals surface area (Å²) in [5.74, 6) is 0.279. The maximum absolute atomic E-state index is 12.3. The second-order valence-electron chi connectivity index (χ2n) is 4.52. The molecule has 1 aliphatic heterocycles. The van der Waals surface area contributed by atoms with Gasteiger partial charge in [-0.05, 0) is 18.1 Å². The minimum atomic E-state index is -0.440. The molecule has 0 saturated heterocycles. The van der Waals surface area contributed by atoms with E-state index in [1.165, 1.54) is 0 Å². The molecule has 19 heavy (non-hydrogen) atoms. The molecule has 1 N–H and O–H groups in total. The van der Waals surface area contributed by atoms with Crippen LogP contribution < -0.4 is 10.2 Å². The lowest BCUT2D eigenvalue weighted by atomic mass is 10.1. The Bertz CT molecular complexity index is 490. The Morgan fingerprint density at radius 2 is 2.16 bits per heavy atom. The van der Waals surface area contributed by atoms with Crippen molar-refractivity contribution in [2.24, 2.45) is 0 Å². The van der Waals surface area contributed by atoms with Crippen LogP contribution in [0.15, 0.2) is 24.3 Å². The zero-order chi connectivity index (χ0) is 13.8. The molecule has 2 amide bonds. The fourth-order valence-electron chi connectivity index (χ4n) is 2.41. The smallest absolute Gasteiger partial charge is 0.243 e. The summed E-state index contributed by atoms with van der Waals surface area (Å²) >= 11 is 5.63. The fourth-order valence-corrected chi connectivity index (χ4v) is 2.54. The first-order valence-electron chi connectivity index (χ1n) is 6.36. The van der Waals surface area contributed by atoms with E-state index in [1.807, 2.05) is 24.3 Å². The number of benzene rings is 1. The number of hydrogen-bond donors (Lipinski definition) is 1. The Labute approximate surface area is 117 Å². The zero-order valence-corrected chi connectivity index (χ0v) is 11.6. The molecule has 102 valence electrons. The van der Waals surface area contributed by atoms with Crippen molar-refractivity contribution in [2.75, 3.05) is 17.8 Å². The number of hydrogen-bond acceptors (Lipinski definition) is 2. The van der Waals surface area contributed by atoms with Crippen molar-refractivity contribution in [3.63, 3.8) is 0 Å². The van der Waals surface area contributed by atoms with Crippen molar-refractivity contribution >= 4 is 29.1 Å². The Hall–Kier alpha value is -1.55. The molecule has 0 saturated carbocycles. The van der Waals surface area contributed by atoms with Gasteiger partial charge in [0.2, 0.25) is 11.8 Å². The monoisotopic (exact) mass is 280 g/mol. The molecule has 1 heterocycles. The summed E-state index contributed by atoms with van der Waals surface area (Å²) < 4.78 is 0. The number of fused-ring (bicyclic) bond motifs is 1. The van der Waals surface area contributed by atoms with Gasteiger partial charge < -0.3 is 5.32 Å². The van der Waals surface area contributed by atoms with Gasteiger partial charge in [-0.2, -0.15) is 0 Å². The molecule has 0 bridgehead atoms. The number of carbonyl (C=O) groups is 2. The number of carbonyl (C=O) groups excluding carboxylic acids is 2. The first-order chi connectivity index (χ1) is 9.19. The Kier molecular flexibility index (Phi) is 4.43. The van der Waals surface area contributed by atoms with Crippen LogP contribution in [0.3, 0.4) is 0 Å². The summed E-state index contributed by atoms with van der Waals surface area (Å²) in [7, 11) is 1.59. The van der Waals surface area contributed by atoms with E-state index < -0.39 is 6.04 Å². The summed E-state index contributed by atoms with van der Waals surface area (Å²) in [4.78, 5) is 25.8. The van der Waals surface area contributed by atoms with E-state index in [0.29, 0.717) is 25.1 Å².